The van der Waals surface area contributed by atoms with Crippen LogP contribution in [0.1, 0.15) is 25.5 Å². The number of carbonyl (C=O) groups excluding carboxylic acids is 1. The van der Waals surface area contributed by atoms with Gasteiger partial charge in [0.1, 0.15) is 6.61 Å². The highest BCUT2D eigenvalue weighted by atomic mass is 32.2. The first-order chi connectivity index (χ1) is 13.9. The van der Waals surface area contributed by atoms with Crippen LogP contribution in [0.2, 0.25) is 0 Å². The number of amides is 1. The third-order valence-corrected chi connectivity index (χ3v) is 7.52. The topological polar surface area (TPSA) is 76.2 Å². The van der Waals surface area contributed by atoms with Gasteiger partial charge in [0.2, 0.25) is 10.0 Å². The van der Waals surface area contributed by atoms with Gasteiger partial charge in [0.05, 0.1) is 30.2 Å². The Labute approximate surface area is 170 Å². The molecule has 29 heavy (non-hydrogen) atoms. The summed E-state index contributed by atoms with van der Waals surface area (Å²) in [5, 5.41) is 0. The molecule has 0 saturated carbocycles. The minimum absolute atomic E-state index is 0.196. The van der Waals surface area contributed by atoms with Crippen LogP contribution in [0.5, 0.6) is 0 Å². The normalized spacial score (nSPS) is 25.8. The van der Waals surface area contributed by atoms with E-state index in [0.29, 0.717) is 25.4 Å². The van der Waals surface area contributed by atoms with Gasteiger partial charge in [-0.1, -0.05) is 30.3 Å². The zero-order valence-electron chi connectivity index (χ0n) is 16.4. The lowest BCUT2D eigenvalue weighted by Gasteiger charge is -2.42. The summed E-state index contributed by atoms with van der Waals surface area (Å²) < 4.78 is 39.4. The van der Waals surface area contributed by atoms with Gasteiger partial charge in [-0.2, -0.15) is 4.31 Å². The summed E-state index contributed by atoms with van der Waals surface area (Å²) in [4.78, 5) is 13.4. The SMILES string of the molecule is CC1COC(c2ccccc2)C(C)N1S(=O)(=O)c1ccc(N2CCOC2=O)cc1. The third-order valence-electron chi connectivity index (χ3n) is 5.40. The Hall–Kier alpha value is -2.42. The fourth-order valence-electron chi connectivity index (χ4n) is 4.01. The molecule has 4 rings (SSSR count). The van der Waals surface area contributed by atoms with Gasteiger partial charge in [-0.05, 0) is 43.7 Å². The molecular weight excluding hydrogens is 392 g/mol. The maximum absolute atomic E-state index is 13.4. The molecule has 0 aromatic heterocycles. The number of hydrogen-bond donors (Lipinski definition) is 0. The molecule has 1 amide bonds. The highest BCUT2D eigenvalue weighted by Gasteiger charge is 2.41. The maximum atomic E-state index is 13.4. The van der Waals surface area contributed by atoms with E-state index in [1.165, 1.54) is 9.21 Å². The molecule has 2 saturated heterocycles. The molecule has 2 aromatic carbocycles. The van der Waals surface area contributed by atoms with Crippen molar-refractivity contribution < 1.29 is 22.7 Å². The van der Waals surface area contributed by atoms with E-state index in [-0.39, 0.29) is 23.1 Å². The first kappa shape index (κ1) is 19.9. The van der Waals surface area contributed by atoms with Crippen molar-refractivity contribution in [2.45, 2.75) is 36.9 Å². The minimum atomic E-state index is -3.74. The molecule has 0 N–H and O–H groups in total. The molecule has 2 heterocycles. The summed E-state index contributed by atoms with van der Waals surface area (Å²) >= 11 is 0. The van der Waals surface area contributed by atoms with Crippen LogP contribution in [0, 0.1) is 0 Å². The molecule has 154 valence electrons. The Kier molecular flexibility index (Phi) is 5.33. The van der Waals surface area contributed by atoms with E-state index in [9.17, 15) is 13.2 Å². The quantitative estimate of drug-likeness (QED) is 0.765. The fourth-order valence-corrected chi connectivity index (χ4v) is 5.82. The molecule has 8 heteroatoms. The van der Waals surface area contributed by atoms with Crippen LogP contribution in [0.4, 0.5) is 10.5 Å². The van der Waals surface area contributed by atoms with Crippen molar-refractivity contribution in [3.8, 4) is 0 Å². The molecule has 2 aromatic rings. The molecule has 7 nitrogen and oxygen atoms in total. The smallest absolute Gasteiger partial charge is 0.414 e. The number of rotatable bonds is 4. The second-order valence-electron chi connectivity index (χ2n) is 7.35. The van der Waals surface area contributed by atoms with Gasteiger partial charge in [-0.3, -0.25) is 4.90 Å². The van der Waals surface area contributed by atoms with Crippen molar-refractivity contribution >= 4 is 21.8 Å². The molecule has 0 bridgehead atoms. The number of sulfonamides is 1. The van der Waals surface area contributed by atoms with Crippen LogP contribution in [-0.2, 0) is 19.5 Å². The highest BCUT2D eigenvalue weighted by Crippen LogP contribution is 2.35. The summed E-state index contributed by atoms with van der Waals surface area (Å²) in [6, 6.07) is 15.4. The maximum Gasteiger partial charge on any atom is 0.414 e. The summed E-state index contributed by atoms with van der Waals surface area (Å²) in [7, 11) is -3.74. The molecular formula is C21H24N2O5S. The van der Waals surface area contributed by atoms with Crippen molar-refractivity contribution in [3.63, 3.8) is 0 Å². The van der Waals surface area contributed by atoms with Crippen LogP contribution >= 0.6 is 0 Å². The fraction of sp³-hybridized carbons (Fsp3) is 0.381. The van der Waals surface area contributed by atoms with Gasteiger partial charge >= 0.3 is 6.09 Å². The molecule has 0 spiro atoms. The van der Waals surface area contributed by atoms with Gasteiger partial charge in [0.25, 0.3) is 0 Å². The lowest BCUT2D eigenvalue weighted by Crippen LogP contribution is -2.53. The van der Waals surface area contributed by atoms with Crippen LogP contribution in [0.25, 0.3) is 0 Å². The Morgan fingerprint density at radius 3 is 2.31 bits per heavy atom. The first-order valence-corrected chi connectivity index (χ1v) is 11.1. The van der Waals surface area contributed by atoms with E-state index in [2.05, 4.69) is 0 Å². The Morgan fingerprint density at radius 1 is 1.00 bits per heavy atom. The zero-order valence-corrected chi connectivity index (χ0v) is 17.2. The lowest BCUT2D eigenvalue weighted by atomic mass is 10.0. The van der Waals surface area contributed by atoms with E-state index >= 15 is 0 Å². The van der Waals surface area contributed by atoms with Crippen LogP contribution in [0.15, 0.2) is 59.5 Å². The Balaban J connectivity index is 1.62. The van der Waals surface area contributed by atoms with Gasteiger partial charge in [-0.25, -0.2) is 13.2 Å². The van der Waals surface area contributed by atoms with Gasteiger partial charge in [0.15, 0.2) is 0 Å². The largest absolute Gasteiger partial charge is 0.447 e. The van der Waals surface area contributed by atoms with E-state index in [4.69, 9.17) is 9.47 Å². The Bertz CT molecular complexity index is 978. The standard InChI is InChI=1S/C21H24N2O5S/c1-15-14-28-20(17-6-4-3-5-7-17)16(2)23(15)29(25,26)19-10-8-18(9-11-19)22-12-13-27-21(22)24/h3-11,15-16,20H,12-14H2,1-2H3. The number of morpholine rings is 1. The molecule has 0 radical (unpaired) electrons. The second kappa shape index (κ2) is 7.78. The van der Waals surface area contributed by atoms with Crippen molar-refractivity contribution in [1.29, 1.82) is 0 Å². The van der Waals surface area contributed by atoms with Gasteiger partial charge in [0, 0.05) is 11.7 Å². The highest BCUT2D eigenvalue weighted by molar-refractivity contribution is 7.89. The number of hydrogen-bond acceptors (Lipinski definition) is 5. The zero-order chi connectivity index (χ0) is 20.6. The molecule has 3 atom stereocenters. The summed E-state index contributed by atoms with van der Waals surface area (Å²) in [6.45, 7) is 4.84. The van der Waals surface area contributed by atoms with Crippen molar-refractivity contribution in [1.82, 2.24) is 4.31 Å². The molecule has 2 aliphatic heterocycles. The number of nitrogens with zero attached hydrogens (tertiary/aromatic N) is 2. The first-order valence-electron chi connectivity index (χ1n) is 9.64. The van der Waals surface area contributed by atoms with E-state index in [1.54, 1.807) is 24.3 Å². The number of ether oxygens (including phenoxy) is 2. The van der Waals surface area contributed by atoms with Crippen molar-refractivity contribution in [2.75, 3.05) is 24.7 Å². The van der Waals surface area contributed by atoms with Crippen LogP contribution in [0.3, 0.4) is 0 Å². The average Bonchev–Trinajstić information content (AvgIpc) is 3.14. The number of anilines is 1. The van der Waals surface area contributed by atoms with E-state index in [0.717, 1.165) is 5.56 Å². The average molecular weight is 416 g/mol. The minimum Gasteiger partial charge on any atom is -0.447 e. The lowest BCUT2D eigenvalue weighted by molar-refractivity contribution is -0.0617. The predicted octanol–water partition coefficient (Wildman–Crippen LogP) is 3.18. The predicted molar refractivity (Wildman–Crippen MR) is 108 cm³/mol. The molecule has 2 fully saturated rings. The third kappa shape index (κ3) is 3.63. The monoisotopic (exact) mass is 416 g/mol. The number of cyclic esters (lactones) is 1. The van der Waals surface area contributed by atoms with Gasteiger partial charge in [-0.15, -0.1) is 0 Å². The number of benzene rings is 2. The second-order valence-corrected chi connectivity index (χ2v) is 9.19. The van der Waals surface area contributed by atoms with Crippen molar-refractivity contribution in [3.05, 3.63) is 60.2 Å². The molecule has 2 aliphatic rings. The van der Waals surface area contributed by atoms with E-state index < -0.39 is 16.1 Å². The summed E-state index contributed by atoms with van der Waals surface area (Å²) in [5.74, 6) is 0. The van der Waals surface area contributed by atoms with Crippen LogP contribution in [-0.4, -0.2) is 50.7 Å². The molecule has 0 aliphatic carbocycles. The van der Waals surface area contributed by atoms with Crippen LogP contribution < -0.4 is 4.90 Å². The summed E-state index contributed by atoms with van der Waals surface area (Å²) in [6.07, 6.45) is -0.748. The Morgan fingerprint density at radius 2 is 1.69 bits per heavy atom. The van der Waals surface area contributed by atoms with Crippen molar-refractivity contribution in [2.24, 2.45) is 0 Å². The number of carbonyl (C=O) groups is 1. The molecule has 3 unspecified atom stereocenters. The van der Waals surface area contributed by atoms with E-state index in [1.807, 2.05) is 44.2 Å². The van der Waals surface area contributed by atoms with Gasteiger partial charge < -0.3 is 9.47 Å². The summed E-state index contributed by atoms with van der Waals surface area (Å²) in [5.41, 5.74) is 1.58.